The molecule has 112 valence electrons. The summed E-state index contributed by atoms with van der Waals surface area (Å²) in [5.41, 5.74) is 1.70. The van der Waals surface area contributed by atoms with E-state index in [1.165, 1.54) is 0 Å². The fourth-order valence-electron chi connectivity index (χ4n) is 2.49. The molecule has 0 N–H and O–H groups in total. The van der Waals surface area contributed by atoms with Crippen LogP contribution in [0.4, 0.5) is 0 Å². The van der Waals surface area contributed by atoms with Gasteiger partial charge in [0.1, 0.15) is 0 Å². The first-order valence-corrected chi connectivity index (χ1v) is 7.35. The van der Waals surface area contributed by atoms with Crippen LogP contribution in [0.5, 0.6) is 0 Å². The predicted molar refractivity (Wildman–Crippen MR) is 80.0 cm³/mol. The number of hydrogen-bond donors (Lipinski definition) is 0. The van der Waals surface area contributed by atoms with E-state index in [0.717, 1.165) is 10.5 Å². The molecule has 0 spiro atoms. The number of Topliss-reactive ketones (excluding diaryl/α,β-unsaturated/α-hetero) is 1. The van der Waals surface area contributed by atoms with Crippen molar-refractivity contribution in [3.05, 3.63) is 35.4 Å². The topological polar surface area (TPSA) is 54.5 Å². The van der Waals surface area contributed by atoms with Crippen LogP contribution in [0, 0.1) is 5.92 Å². The summed E-state index contributed by atoms with van der Waals surface area (Å²) in [7, 11) is 0. The van der Waals surface area contributed by atoms with Gasteiger partial charge in [0.05, 0.1) is 6.54 Å². The lowest BCUT2D eigenvalue weighted by Gasteiger charge is -2.27. The first kappa shape index (κ1) is 15.4. The van der Waals surface area contributed by atoms with Crippen molar-refractivity contribution in [1.82, 2.24) is 4.90 Å². The molecule has 2 rings (SSSR count). The lowest BCUT2D eigenvalue weighted by molar-refractivity contribution is -0.149. The molecule has 1 saturated heterocycles. The van der Waals surface area contributed by atoms with E-state index < -0.39 is 0 Å². The molecular weight excluding hydrogens is 266 g/mol. The fraction of sp³-hybridized carbons (Fsp3) is 0.471. The standard InChI is InChI=1S/C17H21NO3/c1-11(2)13-4-6-14(7-5-13)15(19)10-18-16(20)8-12(3)9-17(18)21/h4-7,11-12H,8-10H2,1-3H3. The SMILES string of the molecule is CC1CC(=O)N(CC(=O)c2ccc(C(C)C)cc2)C(=O)C1. The lowest BCUT2D eigenvalue weighted by Crippen LogP contribution is -2.45. The molecule has 1 heterocycles. The monoisotopic (exact) mass is 287 g/mol. The normalized spacial score (nSPS) is 16.7. The number of carbonyl (C=O) groups excluding carboxylic acids is 3. The number of piperidine rings is 1. The summed E-state index contributed by atoms with van der Waals surface area (Å²) in [6, 6.07) is 7.36. The van der Waals surface area contributed by atoms with E-state index in [4.69, 9.17) is 0 Å². The van der Waals surface area contributed by atoms with Crippen molar-refractivity contribution in [2.24, 2.45) is 5.92 Å². The minimum absolute atomic E-state index is 0.0710. The highest BCUT2D eigenvalue weighted by atomic mass is 16.2. The molecule has 1 aromatic rings. The number of hydrogen-bond acceptors (Lipinski definition) is 3. The first-order valence-electron chi connectivity index (χ1n) is 7.35. The zero-order chi connectivity index (χ0) is 15.6. The van der Waals surface area contributed by atoms with Crippen LogP contribution in [0.1, 0.15) is 55.5 Å². The van der Waals surface area contributed by atoms with E-state index in [9.17, 15) is 14.4 Å². The van der Waals surface area contributed by atoms with E-state index in [0.29, 0.717) is 24.3 Å². The van der Waals surface area contributed by atoms with E-state index in [2.05, 4.69) is 13.8 Å². The van der Waals surface area contributed by atoms with Gasteiger partial charge >= 0.3 is 0 Å². The number of imide groups is 1. The highest BCUT2D eigenvalue weighted by Crippen LogP contribution is 2.20. The van der Waals surface area contributed by atoms with Crippen LogP contribution < -0.4 is 0 Å². The third-order valence-electron chi connectivity index (χ3n) is 3.85. The molecule has 0 saturated carbocycles. The Labute approximate surface area is 125 Å². The highest BCUT2D eigenvalue weighted by Gasteiger charge is 2.31. The summed E-state index contributed by atoms with van der Waals surface area (Å²) < 4.78 is 0. The molecule has 0 atom stereocenters. The Bertz CT molecular complexity index is 542. The number of amides is 2. The molecule has 0 aliphatic carbocycles. The number of nitrogens with zero attached hydrogens (tertiary/aromatic N) is 1. The van der Waals surface area contributed by atoms with Crippen LogP contribution in [0.2, 0.25) is 0 Å². The number of rotatable bonds is 4. The molecule has 1 aromatic carbocycles. The van der Waals surface area contributed by atoms with Crippen molar-refractivity contribution in [2.45, 2.75) is 39.5 Å². The Morgan fingerprint density at radius 2 is 1.67 bits per heavy atom. The zero-order valence-corrected chi connectivity index (χ0v) is 12.8. The Balaban J connectivity index is 2.07. The van der Waals surface area contributed by atoms with Crippen LogP contribution in [0.15, 0.2) is 24.3 Å². The van der Waals surface area contributed by atoms with Gasteiger partial charge in [-0.1, -0.05) is 45.0 Å². The van der Waals surface area contributed by atoms with Gasteiger partial charge in [-0.3, -0.25) is 19.3 Å². The molecule has 21 heavy (non-hydrogen) atoms. The van der Waals surface area contributed by atoms with Gasteiger partial charge in [-0.15, -0.1) is 0 Å². The van der Waals surface area contributed by atoms with Crippen LogP contribution in [0.25, 0.3) is 0 Å². The average Bonchev–Trinajstić information content (AvgIpc) is 2.42. The van der Waals surface area contributed by atoms with Crippen molar-refractivity contribution in [3.8, 4) is 0 Å². The Morgan fingerprint density at radius 3 is 2.14 bits per heavy atom. The molecular formula is C17H21NO3. The second-order valence-electron chi connectivity index (χ2n) is 6.09. The van der Waals surface area contributed by atoms with E-state index >= 15 is 0 Å². The van der Waals surface area contributed by atoms with Crippen LogP contribution >= 0.6 is 0 Å². The van der Waals surface area contributed by atoms with Crippen LogP contribution in [-0.2, 0) is 9.59 Å². The summed E-state index contributed by atoms with van der Waals surface area (Å²) >= 11 is 0. The summed E-state index contributed by atoms with van der Waals surface area (Å²) in [5, 5.41) is 0. The van der Waals surface area contributed by atoms with Gasteiger partial charge in [-0.25, -0.2) is 0 Å². The Kier molecular flexibility index (Phi) is 4.56. The summed E-state index contributed by atoms with van der Waals surface area (Å²) in [6.07, 6.45) is 0.677. The molecule has 1 fully saturated rings. The molecule has 1 aliphatic heterocycles. The third kappa shape index (κ3) is 3.57. The molecule has 0 radical (unpaired) electrons. The average molecular weight is 287 g/mol. The molecule has 0 aromatic heterocycles. The van der Waals surface area contributed by atoms with Gasteiger partial charge in [-0.05, 0) is 17.4 Å². The van der Waals surface area contributed by atoms with Crippen molar-refractivity contribution in [1.29, 1.82) is 0 Å². The van der Waals surface area contributed by atoms with Gasteiger partial charge in [0.15, 0.2) is 5.78 Å². The summed E-state index contributed by atoms with van der Waals surface area (Å²) in [6.45, 7) is 5.90. The third-order valence-corrected chi connectivity index (χ3v) is 3.85. The first-order chi connectivity index (χ1) is 9.88. The molecule has 2 amide bonds. The van der Waals surface area contributed by atoms with E-state index in [1.54, 1.807) is 12.1 Å². The van der Waals surface area contributed by atoms with Gasteiger partial charge in [0, 0.05) is 18.4 Å². The van der Waals surface area contributed by atoms with Crippen molar-refractivity contribution in [2.75, 3.05) is 6.54 Å². The highest BCUT2D eigenvalue weighted by molar-refractivity contribution is 6.05. The number of ketones is 1. The summed E-state index contributed by atoms with van der Waals surface area (Å²) in [4.78, 5) is 37.1. The van der Waals surface area contributed by atoms with Crippen molar-refractivity contribution in [3.63, 3.8) is 0 Å². The quantitative estimate of drug-likeness (QED) is 0.632. The van der Waals surface area contributed by atoms with E-state index in [-0.39, 0.29) is 30.1 Å². The van der Waals surface area contributed by atoms with Crippen LogP contribution in [0.3, 0.4) is 0 Å². The fourth-order valence-corrected chi connectivity index (χ4v) is 2.49. The van der Waals surface area contributed by atoms with E-state index in [1.807, 2.05) is 19.1 Å². The smallest absolute Gasteiger partial charge is 0.229 e. The zero-order valence-electron chi connectivity index (χ0n) is 12.8. The maximum Gasteiger partial charge on any atom is 0.229 e. The maximum atomic E-state index is 12.2. The van der Waals surface area contributed by atoms with Gasteiger partial charge < -0.3 is 0 Å². The second-order valence-corrected chi connectivity index (χ2v) is 6.09. The molecule has 4 heteroatoms. The second kappa shape index (κ2) is 6.20. The number of carbonyl (C=O) groups is 3. The van der Waals surface area contributed by atoms with Crippen molar-refractivity contribution >= 4 is 17.6 Å². The number of benzene rings is 1. The molecule has 0 bridgehead atoms. The van der Waals surface area contributed by atoms with Gasteiger partial charge in [0.2, 0.25) is 11.8 Å². The maximum absolute atomic E-state index is 12.2. The Hall–Kier alpha value is -1.97. The summed E-state index contributed by atoms with van der Waals surface area (Å²) in [5.74, 6) is -0.207. The lowest BCUT2D eigenvalue weighted by atomic mass is 9.96. The Morgan fingerprint density at radius 1 is 1.14 bits per heavy atom. The predicted octanol–water partition coefficient (Wildman–Crippen LogP) is 2.78. The molecule has 0 unspecified atom stereocenters. The van der Waals surface area contributed by atoms with Crippen LogP contribution in [-0.4, -0.2) is 29.0 Å². The number of likely N-dealkylation sites (tertiary alicyclic amines) is 1. The molecule has 4 nitrogen and oxygen atoms in total. The molecule has 1 aliphatic rings. The minimum atomic E-state index is -0.245. The largest absolute Gasteiger partial charge is 0.292 e. The van der Waals surface area contributed by atoms with Gasteiger partial charge in [0.25, 0.3) is 0 Å². The van der Waals surface area contributed by atoms with Crippen molar-refractivity contribution < 1.29 is 14.4 Å². The minimum Gasteiger partial charge on any atom is -0.292 e. The van der Waals surface area contributed by atoms with Gasteiger partial charge in [-0.2, -0.15) is 0 Å².